The molecule has 7 nitrogen and oxygen atoms in total. The lowest BCUT2D eigenvalue weighted by molar-refractivity contribution is -0.383. The number of fused-ring (bicyclic) bond motifs is 1. The van der Waals surface area contributed by atoms with E-state index in [1.54, 1.807) is 19.1 Å². The van der Waals surface area contributed by atoms with Crippen molar-refractivity contribution in [3.05, 3.63) is 34.5 Å². The minimum absolute atomic E-state index is 0.0747. The van der Waals surface area contributed by atoms with E-state index in [0.717, 1.165) is 0 Å². The largest absolute Gasteiger partial charge is 0.465 e. The number of benzene rings is 1. The SMILES string of the molecule is CCOC(=O)Cn1ncc2cccc([N+](=O)[O-])c21. The summed E-state index contributed by atoms with van der Waals surface area (Å²) in [7, 11) is 0. The Labute approximate surface area is 102 Å². The fourth-order valence-corrected chi connectivity index (χ4v) is 1.72. The number of rotatable bonds is 4. The fourth-order valence-electron chi connectivity index (χ4n) is 1.72. The van der Waals surface area contributed by atoms with Gasteiger partial charge >= 0.3 is 5.97 Å². The highest BCUT2D eigenvalue weighted by Gasteiger charge is 2.18. The molecule has 0 radical (unpaired) electrons. The number of nitro groups is 1. The Hall–Kier alpha value is -2.44. The number of esters is 1. The monoisotopic (exact) mass is 249 g/mol. The predicted octanol–water partition coefficient (Wildman–Crippen LogP) is 1.51. The molecule has 0 fully saturated rings. The number of ether oxygens (including phenoxy) is 1. The van der Waals surface area contributed by atoms with E-state index in [2.05, 4.69) is 5.10 Å². The van der Waals surface area contributed by atoms with E-state index in [0.29, 0.717) is 10.9 Å². The summed E-state index contributed by atoms with van der Waals surface area (Å²) in [6, 6.07) is 4.67. The van der Waals surface area contributed by atoms with Crippen LogP contribution in [0.4, 0.5) is 5.69 Å². The molecule has 0 amide bonds. The van der Waals surface area contributed by atoms with Crippen LogP contribution in [0.25, 0.3) is 10.9 Å². The molecule has 0 atom stereocenters. The van der Waals surface area contributed by atoms with E-state index >= 15 is 0 Å². The average Bonchev–Trinajstić information content (AvgIpc) is 2.72. The molecule has 0 spiro atoms. The zero-order valence-corrected chi connectivity index (χ0v) is 9.70. The van der Waals surface area contributed by atoms with Gasteiger partial charge in [0, 0.05) is 11.5 Å². The summed E-state index contributed by atoms with van der Waals surface area (Å²) >= 11 is 0. The third-order valence-corrected chi connectivity index (χ3v) is 2.42. The quantitative estimate of drug-likeness (QED) is 0.465. The molecule has 0 aliphatic rings. The van der Waals surface area contributed by atoms with Gasteiger partial charge in [0.1, 0.15) is 12.1 Å². The van der Waals surface area contributed by atoms with Crippen LogP contribution in [0.15, 0.2) is 24.4 Å². The summed E-state index contributed by atoms with van der Waals surface area (Å²) in [6.07, 6.45) is 1.49. The van der Waals surface area contributed by atoms with Crippen molar-refractivity contribution in [1.82, 2.24) is 9.78 Å². The molecule has 0 aliphatic carbocycles. The predicted molar refractivity (Wildman–Crippen MR) is 63.0 cm³/mol. The van der Waals surface area contributed by atoms with Gasteiger partial charge in [-0.15, -0.1) is 0 Å². The van der Waals surface area contributed by atoms with Gasteiger partial charge in [0.15, 0.2) is 0 Å². The third-order valence-electron chi connectivity index (χ3n) is 2.42. The topological polar surface area (TPSA) is 87.3 Å². The summed E-state index contributed by atoms with van der Waals surface area (Å²) in [5, 5.41) is 15.5. The highest BCUT2D eigenvalue weighted by Crippen LogP contribution is 2.24. The summed E-state index contributed by atoms with van der Waals surface area (Å²) < 4.78 is 6.08. The van der Waals surface area contributed by atoms with Crippen molar-refractivity contribution in [2.45, 2.75) is 13.5 Å². The van der Waals surface area contributed by atoms with Gasteiger partial charge in [0.05, 0.1) is 17.7 Å². The highest BCUT2D eigenvalue weighted by molar-refractivity contribution is 5.88. The van der Waals surface area contributed by atoms with Gasteiger partial charge in [-0.2, -0.15) is 5.10 Å². The Bertz CT molecular complexity index is 605. The van der Waals surface area contributed by atoms with Crippen LogP contribution in [-0.4, -0.2) is 27.3 Å². The second-order valence-corrected chi connectivity index (χ2v) is 3.58. The smallest absolute Gasteiger partial charge is 0.327 e. The van der Waals surface area contributed by atoms with Crippen LogP contribution in [0.3, 0.4) is 0 Å². The number of carbonyl (C=O) groups excluding carboxylic acids is 1. The molecule has 7 heteroatoms. The Morgan fingerprint density at radius 3 is 3.00 bits per heavy atom. The first-order chi connectivity index (χ1) is 8.63. The van der Waals surface area contributed by atoms with E-state index in [4.69, 9.17) is 4.74 Å². The molecule has 18 heavy (non-hydrogen) atoms. The normalized spacial score (nSPS) is 10.5. The molecule has 0 saturated heterocycles. The maximum atomic E-state index is 11.4. The lowest BCUT2D eigenvalue weighted by Gasteiger charge is -2.03. The van der Waals surface area contributed by atoms with Crippen LogP contribution >= 0.6 is 0 Å². The maximum absolute atomic E-state index is 11.4. The number of non-ortho nitro benzene ring substituents is 1. The van der Waals surface area contributed by atoms with E-state index in [9.17, 15) is 14.9 Å². The Kier molecular flexibility index (Phi) is 3.22. The van der Waals surface area contributed by atoms with E-state index in [1.807, 2.05) is 0 Å². The summed E-state index contributed by atoms with van der Waals surface area (Å²) in [4.78, 5) is 21.8. The first-order valence-electron chi connectivity index (χ1n) is 5.38. The van der Waals surface area contributed by atoms with Gasteiger partial charge in [0.2, 0.25) is 0 Å². The lowest BCUT2D eigenvalue weighted by atomic mass is 10.2. The molecule has 2 aromatic rings. The number of nitro benzene ring substituents is 1. The minimum atomic E-state index is -0.494. The van der Waals surface area contributed by atoms with Crippen molar-refractivity contribution in [2.75, 3.05) is 6.61 Å². The number of para-hydroxylation sites is 1. The van der Waals surface area contributed by atoms with Gasteiger partial charge in [-0.05, 0) is 6.92 Å². The van der Waals surface area contributed by atoms with Crippen LogP contribution in [0.1, 0.15) is 6.92 Å². The number of carbonyl (C=O) groups is 1. The molecule has 0 saturated carbocycles. The summed E-state index contributed by atoms with van der Waals surface area (Å²) in [6.45, 7) is 1.82. The van der Waals surface area contributed by atoms with E-state index in [1.165, 1.54) is 16.9 Å². The molecule has 0 aliphatic heterocycles. The van der Waals surface area contributed by atoms with E-state index in [-0.39, 0.29) is 18.8 Å². The molecule has 94 valence electrons. The second-order valence-electron chi connectivity index (χ2n) is 3.58. The molecule has 1 heterocycles. The van der Waals surface area contributed by atoms with Gasteiger partial charge in [-0.25, -0.2) is 4.68 Å². The van der Waals surface area contributed by atoms with Crippen molar-refractivity contribution < 1.29 is 14.5 Å². The van der Waals surface area contributed by atoms with Crippen LogP contribution in [0.2, 0.25) is 0 Å². The first-order valence-corrected chi connectivity index (χ1v) is 5.38. The van der Waals surface area contributed by atoms with E-state index < -0.39 is 10.9 Å². The van der Waals surface area contributed by atoms with Crippen molar-refractivity contribution >= 4 is 22.6 Å². The van der Waals surface area contributed by atoms with Crippen molar-refractivity contribution in [3.63, 3.8) is 0 Å². The molecular weight excluding hydrogens is 238 g/mol. The number of nitrogens with zero attached hydrogens (tertiary/aromatic N) is 3. The molecule has 2 rings (SSSR count). The average molecular weight is 249 g/mol. The zero-order valence-electron chi connectivity index (χ0n) is 9.70. The van der Waals surface area contributed by atoms with Crippen LogP contribution < -0.4 is 0 Å². The number of aromatic nitrogens is 2. The van der Waals surface area contributed by atoms with Crippen LogP contribution in [-0.2, 0) is 16.1 Å². The Morgan fingerprint density at radius 1 is 1.56 bits per heavy atom. The van der Waals surface area contributed by atoms with Gasteiger partial charge in [-0.3, -0.25) is 14.9 Å². The third kappa shape index (κ3) is 2.15. The van der Waals surface area contributed by atoms with Gasteiger partial charge in [-0.1, -0.05) is 12.1 Å². The molecular formula is C11H11N3O4. The fraction of sp³-hybridized carbons (Fsp3) is 0.273. The highest BCUT2D eigenvalue weighted by atomic mass is 16.6. The van der Waals surface area contributed by atoms with Gasteiger partial charge < -0.3 is 4.74 Å². The second kappa shape index (κ2) is 4.82. The number of hydrogen-bond donors (Lipinski definition) is 0. The molecule has 1 aromatic carbocycles. The first kappa shape index (κ1) is 12.0. The molecule has 0 N–H and O–H groups in total. The molecule has 0 unspecified atom stereocenters. The zero-order chi connectivity index (χ0) is 13.1. The molecule has 1 aromatic heterocycles. The van der Waals surface area contributed by atoms with Crippen molar-refractivity contribution in [2.24, 2.45) is 0 Å². The van der Waals surface area contributed by atoms with Crippen LogP contribution in [0, 0.1) is 10.1 Å². The summed E-state index contributed by atoms with van der Waals surface area (Å²) in [5.41, 5.74) is 0.254. The summed E-state index contributed by atoms with van der Waals surface area (Å²) in [5.74, 6) is -0.472. The Balaban J connectivity index is 2.45. The standard InChI is InChI=1S/C11H11N3O4/c1-2-18-10(15)7-13-11-8(6-12-13)4-3-5-9(11)14(16)17/h3-6H,2,7H2,1H3. The van der Waals surface area contributed by atoms with Gasteiger partial charge in [0.25, 0.3) is 5.69 Å². The lowest BCUT2D eigenvalue weighted by Crippen LogP contribution is -2.14. The van der Waals surface area contributed by atoms with Crippen molar-refractivity contribution in [1.29, 1.82) is 0 Å². The minimum Gasteiger partial charge on any atom is -0.465 e. The Morgan fingerprint density at radius 2 is 2.33 bits per heavy atom. The number of hydrogen-bond acceptors (Lipinski definition) is 5. The molecule has 0 bridgehead atoms. The maximum Gasteiger partial charge on any atom is 0.327 e. The van der Waals surface area contributed by atoms with Crippen molar-refractivity contribution in [3.8, 4) is 0 Å². The van der Waals surface area contributed by atoms with Crippen LogP contribution in [0.5, 0.6) is 0 Å².